The summed E-state index contributed by atoms with van der Waals surface area (Å²) in [6.07, 6.45) is 4.29. The fraction of sp³-hybridized carbons (Fsp3) is 0.393. The van der Waals surface area contributed by atoms with Crippen LogP contribution in [0, 0.1) is 16.7 Å². The Kier molecular flexibility index (Phi) is 5.17. The van der Waals surface area contributed by atoms with Crippen molar-refractivity contribution in [3.63, 3.8) is 0 Å². The van der Waals surface area contributed by atoms with Crippen molar-refractivity contribution < 1.29 is 0 Å². The quantitative estimate of drug-likeness (QED) is 0.425. The van der Waals surface area contributed by atoms with Gasteiger partial charge in [0.05, 0.1) is 13.5 Å². The predicted molar refractivity (Wildman–Crippen MR) is 129 cm³/mol. The highest BCUT2D eigenvalue weighted by molar-refractivity contribution is 6.16. The van der Waals surface area contributed by atoms with Crippen molar-refractivity contribution in [1.82, 2.24) is 4.98 Å². The number of hydrogen-bond acceptors (Lipinski definition) is 1. The van der Waals surface area contributed by atoms with Gasteiger partial charge in [0.2, 0.25) is 0 Å². The molecule has 1 aliphatic carbocycles. The molecule has 0 aliphatic heterocycles. The summed E-state index contributed by atoms with van der Waals surface area (Å²) < 4.78 is 0. The molecule has 1 heterocycles. The van der Waals surface area contributed by atoms with Crippen LogP contribution in [0.4, 0.5) is 0 Å². The molecule has 1 saturated carbocycles. The van der Waals surface area contributed by atoms with Crippen LogP contribution in [0.5, 0.6) is 0 Å². The van der Waals surface area contributed by atoms with E-state index in [1.807, 2.05) is 12.3 Å². The van der Waals surface area contributed by atoms with Gasteiger partial charge in [-0.05, 0) is 63.7 Å². The minimum atomic E-state index is -0.410. The molecule has 152 valence electrons. The molecule has 3 aromatic rings. The topological polar surface area (TPSA) is 12.9 Å². The molecule has 0 amide bonds. The summed E-state index contributed by atoms with van der Waals surface area (Å²) in [6, 6.07) is 23.4. The van der Waals surface area contributed by atoms with E-state index >= 15 is 0 Å². The molecule has 2 aromatic carbocycles. The zero-order chi connectivity index (χ0) is 21.6. The predicted octanol–water partition coefficient (Wildman–Crippen LogP) is 7.26. The molecule has 2 radical (unpaired) electrons. The maximum atomic E-state index is 7.17. The highest BCUT2D eigenvalue weighted by Crippen LogP contribution is 2.63. The minimum absolute atomic E-state index is 0.0332. The third-order valence-corrected chi connectivity index (χ3v) is 8.50. The van der Waals surface area contributed by atoms with Crippen LogP contribution in [0.15, 0.2) is 72.9 Å². The Balaban J connectivity index is 1.74. The van der Waals surface area contributed by atoms with E-state index in [1.54, 1.807) is 0 Å². The van der Waals surface area contributed by atoms with Gasteiger partial charge in [-0.1, -0.05) is 89.2 Å². The Hall–Kier alpha value is -2.35. The van der Waals surface area contributed by atoms with Gasteiger partial charge >= 0.3 is 0 Å². The maximum absolute atomic E-state index is 7.17. The molecular weight excluding hydrogens is 361 g/mol. The van der Waals surface area contributed by atoms with E-state index in [4.69, 9.17) is 7.85 Å². The van der Waals surface area contributed by atoms with E-state index in [0.29, 0.717) is 5.92 Å². The highest BCUT2D eigenvalue weighted by Gasteiger charge is 2.56. The molecule has 1 fully saturated rings. The van der Waals surface area contributed by atoms with Gasteiger partial charge < -0.3 is 0 Å². The summed E-state index contributed by atoms with van der Waals surface area (Å²) in [7, 11) is 7.17. The Morgan fingerprint density at radius 1 is 0.900 bits per heavy atom. The Bertz CT molecular complexity index is 1040. The summed E-state index contributed by atoms with van der Waals surface area (Å²) in [5.74, 6) is 0.669. The van der Waals surface area contributed by atoms with Crippen LogP contribution in [0.1, 0.15) is 53.0 Å². The first-order valence-corrected chi connectivity index (χ1v) is 11.1. The van der Waals surface area contributed by atoms with Crippen LogP contribution in [0.25, 0.3) is 22.4 Å². The summed E-state index contributed by atoms with van der Waals surface area (Å²) in [6.45, 7) is 11.8. The van der Waals surface area contributed by atoms with Gasteiger partial charge in [-0.15, -0.1) is 0 Å². The molecule has 3 unspecified atom stereocenters. The molecule has 3 atom stereocenters. The van der Waals surface area contributed by atoms with E-state index in [2.05, 4.69) is 100 Å². The molecule has 0 spiro atoms. The van der Waals surface area contributed by atoms with E-state index < -0.39 is 5.31 Å². The number of aromatic nitrogens is 1. The van der Waals surface area contributed by atoms with Crippen LogP contribution in [-0.2, 0) is 5.31 Å². The van der Waals surface area contributed by atoms with E-state index in [1.165, 1.54) is 23.1 Å². The lowest BCUT2D eigenvalue weighted by Crippen LogP contribution is -2.49. The standard InChI is InChI=1S/C28H32BN/c1-20-14-16-27(4,26(20,2)3)28(5,29)24-13-9-12-22(18-24)23-15-17-30-25(19-23)21-10-7-6-8-11-21/h6-13,15,17-20H,14,16H2,1-5H3. The summed E-state index contributed by atoms with van der Waals surface area (Å²) in [5, 5.41) is -0.410. The lowest BCUT2D eigenvalue weighted by Gasteiger charge is -2.53. The van der Waals surface area contributed by atoms with Crippen LogP contribution in [0.2, 0.25) is 0 Å². The second-order valence-corrected chi connectivity index (χ2v) is 10.1. The Morgan fingerprint density at radius 3 is 2.23 bits per heavy atom. The molecule has 30 heavy (non-hydrogen) atoms. The van der Waals surface area contributed by atoms with Gasteiger partial charge in [0.15, 0.2) is 0 Å². The Labute approximate surface area is 183 Å². The third-order valence-electron chi connectivity index (χ3n) is 8.50. The second kappa shape index (κ2) is 7.41. The summed E-state index contributed by atoms with van der Waals surface area (Å²) in [5.41, 5.74) is 5.92. The number of pyridine rings is 1. The van der Waals surface area contributed by atoms with Crippen molar-refractivity contribution in [2.75, 3.05) is 0 Å². The SMILES string of the molecule is [B]C(C)(c1cccc(-c2ccnc(-c3ccccc3)c2)c1)C1(C)CCC(C)C1(C)C. The number of hydrogen-bond donors (Lipinski definition) is 0. The Morgan fingerprint density at radius 2 is 1.57 bits per heavy atom. The highest BCUT2D eigenvalue weighted by atomic mass is 14.7. The van der Waals surface area contributed by atoms with E-state index in [0.717, 1.165) is 17.7 Å². The lowest BCUT2D eigenvalue weighted by atomic mass is 9.44. The molecule has 1 aliphatic rings. The zero-order valence-electron chi connectivity index (χ0n) is 18.9. The largest absolute Gasteiger partial charge is 0.256 e. The second-order valence-electron chi connectivity index (χ2n) is 10.1. The monoisotopic (exact) mass is 393 g/mol. The molecule has 2 heteroatoms. The smallest absolute Gasteiger partial charge is 0.0814 e. The van der Waals surface area contributed by atoms with Gasteiger partial charge in [0.1, 0.15) is 0 Å². The average molecular weight is 393 g/mol. The van der Waals surface area contributed by atoms with Gasteiger partial charge in [-0.2, -0.15) is 0 Å². The lowest BCUT2D eigenvalue weighted by molar-refractivity contribution is 0.0520. The molecule has 1 nitrogen and oxygen atoms in total. The normalized spacial score (nSPS) is 25.0. The average Bonchev–Trinajstić information content (AvgIpc) is 2.98. The first-order chi connectivity index (χ1) is 14.2. The number of benzene rings is 2. The van der Waals surface area contributed by atoms with Gasteiger partial charge in [-0.3, -0.25) is 4.98 Å². The molecule has 1 aromatic heterocycles. The molecule has 0 saturated heterocycles. The molecule has 0 bridgehead atoms. The molecule has 4 rings (SSSR count). The van der Waals surface area contributed by atoms with Crippen molar-refractivity contribution in [3.8, 4) is 22.4 Å². The van der Waals surface area contributed by atoms with E-state index in [-0.39, 0.29) is 10.8 Å². The first-order valence-electron chi connectivity index (χ1n) is 11.1. The fourth-order valence-corrected chi connectivity index (χ4v) is 5.38. The van der Waals surface area contributed by atoms with Crippen molar-refractivity contribution in [1.29, 1.82) is 0 Å². The van der Waals surface area contributed by atoms with Crippen molar-refractivity contribution in [2.45, 2.75) is 52.8 Å². The van der Waals surface area contributed by atoms with Gasteiger partial charge in [0, 0.05) is 11.8 Å². The maximum Gasteiger partial charge on any atom is 0.0814 e. The van der Waals surface area contributed by atoms with Crippen LogP contribution >= 0.6 is 0 Å². The number of rotatable bonds is 4. The first kappa shape index (κ1) is 20.9. The van der Waals surface area contributed by atoms with E-state index in [9.17, 15) is 0 Å². The molecular formula is C28H32BN. The number of nitrogens with zero attached hydrogens (tertiary/aromatic N) is 1. The van der Waals surface area contributed by atoms with Gasteiger partial charge in [-0.25, -0.2) is 0 Å². The van der Waals surface area contributed by atoms with Crippen molar-refractivity contribution in [3.05, 3.63) is 78.5 Å². The fourth-order valence-electron chi connectivity index (χ4n) is 5.38. The summed E-state index contributed by atoms with van der Waals surface area (Å²) in [4.78, 5) is 4.58. The van der Waals surface area contributed by atoms with Gasteiger partial charge in [0.25, 0.3) is 0 Å². The van der Waals surface area contributed by atoms with Crippen LogP contribution < -0.4 is 0 Å². The van der Waals surface area contributed by atoms with Crippen LogP contribution in [0.3, 0.4) is 0 Å². The van der Waals surface area contributed by atoms with Crippen LogP contribution in [-0.4, -0.2) is 12.8 Å². The third kappa shape index (κ3) is 3.21. The zero-order valence-corrected chi connectivity index (χ0v) is 18.9. The van der Waals surface area contributed by atoms with Crippen molar-refractivity contribution in [2.24, 2.45) is 16.7 Å². The molecule has 0 N–H and O–H groups in total. The minimum Gasteiger partial charge on any atom is -0.256 e. The van der Waals surface area contributed by atoms with Crippen molar-refractivity contribution >= 4 is 7.85 Å². The summed E-state index contributed by atoms with van der Waals surface area (Å²) >= 11 is 0.